The lowest BCUT2D eigenvalue weighted by Crippen LogP contribution is -2.18. The Morgan fingerprint density at radius 3 is 2.15 bits per heavy atom. The maximum absolute atomic E-state index is 11.7. The maximum atomic E-state index is 11.7. The van der Waals surface area contributed by atoms with Crippen LogP contribution in [0.2, 0.25) is 0 Å². The zero-order valence-corrected chi connectivity index (χ0v) is 15.7. The fourth-order valence-corrected chi connectivity index (χ4v) is 3.16. The van der Waals surface area contributed by atoms with E-state index in [0.29, 0.717) is 11.5 Å². The number of aromatic carboxylic acids is 1. The second kappa shape index (κ2) is 8.09. The van der Waals surface area contributed by atoms with E-state index < -0.39 is 5.97 Å². The van der Waals surface area contributed by atoms with Gasteiger partial charge in [0.2, 0.25) is 0 Å². The lowest BCUT2D eigenvalue weighted by Gasteiger charge is -2.26. The molecule has 0 aromatic heterocycles. The molecule has 1 N–H and O–H groups in total. The van der Waals surface area contributed by atoms with E-state index >= 15 is 0 Å². The highest BCUT2D eigenvalue weighted by molar-refractivity contribution is 5.91. The van der Waals surface area contributed by atoms with E-state index in [0.717, 1.165) is 18.4 Å². The molecule has 27 heavy (non-hydrogen) atoms. The van der Waals surface area contributed by atoms with Crippen molar-refractivity contribution < 1.29 is 14.6 Å². The Labute approximate surface area is 160 Å². The highest BCUT2D eigenvalue weighted by Gasteiger charge is 2.22. The number of ether oxygens (including phenoxy) is 1. The summed E-state index contributed by atoms with van der Waals surface area (Å²) in [7, 11) is 0. The Morgan fingerprint density at radius 1 is 0.889 bits per heavy atom. The molecular formula is C24H24O3. The predicted octanol–water partition coefficient (Wildman–Crippen LogP) is 6.09. The summed E-state index contributed by atoms with van der Waals surface area (Å²) < 4.78 is 5.99. The fourth-order valence-electron chi connectivity index (χ4n) is 3.16. The van der Waals surface area contributed by atoms with Crippen LogP contribution in [0.5, 0.6) is 11.5 Å². The van der Waals surface area contributed by atoms with E-state index in [2.05, 4.69) is 26.0 Å². The first-order valence-electron chi connectivity index (χ1n) is 9.11. The average Bonchev–Trinajstić information content (AvgIpc) is 2.68. The molecule has 3 heteroatoms. The number of para-hydroxylation sites is 2. The molecule has 138 valence electrons. The van der Waals surface area contributed by atoms with Crippen molar-refractivity contribution >= 4 is 5.97 Å². The number of carbonyl (C=O) groups is 1. The summed E-state index contributed by atoms with van der Waals surface area (Å²) in [5.74, 6) is 0.0833. The lowest BCUT2D eigenvalue weighted by atomic mass is 9.79. The Hall–Kier alpha value is -3.07. The van der Waals surface area contributed by atoms with Crippen LogP contribution in [0, 0.1) is 0 Å². The minimum absolute atomic E-state index is 0.0233. The molecule has 0 heterocycles. The lowest BCUT2D eigenvalue weighted by molar-refractivity contribution is 0.0694. The Morgan fingerprint density at radius 2 is 1.52 bits per heavy atom. The van der Waals surface area contributed by atoms with Gasteiger partial charge in [-0.2, -0.15) is 0 Å². The van der Waals surface area contributed by atoms with Crippen LogP contribution in [-0.2, 0) is 11.8 Å². The number of carboxylic acid groups (broad SMARTS) is 1. The second-order valence-electron chi connectivity index (χ2n) is 7.26. The highest BCUT2D eigenvalue weighted by Crippen LogP contribution is 2.34. The van der Waals surface area contributed by atoms with Gasteiger partial charge in [-0.3, -0.25) is 0 Å². The van der Waals surface area contributed by atoms with E-state index in [4.69, 9.17) is 4.74 Å². The third-order valence-electron chi connectivity index (χ3n) is 4.86. The smallest absolute Gasteiger partial charge is 0.339 e. The van der Waals surface area contributed by atoms with Gasteiger partial charge in [0.25, 0.3) is 0 Å². The number of hydrogen-bond donors (Lipinski definition) is 1. The number of carboxylic acids is 1. The number of hydrogen-bond acceptors (Lipinski definition) is 2. The summed E-state index contributed by atoms with van der Waals surface area (Å²) >= 11 is 0. The van der Waals surface area contributed by atoms with Crippen LogP contribution < -0.4 is 4.74 Å². The number of rotatable bonds is 7. The van der Waals surface area contributed by atoms with Crippen molar-refractivity contribution in [2.24, 2.45) is 0 Å². The largest absolute Gasteiger partial charge is 0.478 e. The molecule has 0 aliphatic heterocycles. The maximum Gasteiger partial charge on any atom is 0.339 e. The van der Waals surface area contributed by atoms with Crippen LogP contribution in [0.4, 0.5) is 0 Å². The molecular weight excluding hydrogens is 336 g/mol. The SMILES string of the molecule is CC(C)(CCc1cccc(C(=O)O)c1Oc1ccccc1)c1ccccc1. The van der Waals surface area contributed by atoms with Gasteiger partial charge in [0.15, 0.2) is 0 Å². The van der Waals surface area contributed by atoms with E-state index in [1.165, 1.54) is 5.56 Å². The van der Waals surface area contributed by atoms with Crippen molar-refractivity contribution in [2.45, 2.75) is 32.1 Å². The molecule has 0 saturated heterocycles. The molecule has 3 nitrogen and oxygen atoms in total. The van der Waals surface area contributed by atoms with Gasteiger partial charge < -0.3 is 9.84 Å². The molecule has 3 aromatic rings. The van der Waals surface area contributed by atoms with Gasteiger partial charge >= 0.3 is 5.97 Å². The van der Waals surface area contributed by atoms with Gasteiger partial charge in [-0.15, -0.1) is 0 Å². The van der Waals surface area contributed by atoms with Crippen LogP contribution in [0.3, 0.4) is 0 Å². The van der Waals surface area contributed by atoms with Gasteiger partial charge in [-0.25, -0.2) is 4.79 Å². The molecule has 0 fully saturated rings. The van der Waals surface area contributed by atoms with Crippen LogP contribution in [-0.4, -0.2) is 11.1 Å². The summed E-state index contributed by atoms with van der Waals surface area (Å²) in [5.41, 5.74) is 2.34. The molecule has 0 aliphatic carbocycles. The Balaban J connectivity index is 1.88. The van der Waals surface area contributed by atoms with E-state index in [-0.39, 0.29) is 11.0 Å². The minimum atomic E-state index is -0.981. The first-order valence-corrected chi connectivity index (χ1v) is 9.11. The van der Waals surface area contributed by atoms with Crippen molar-refractivity contribution in [3.8, 4) is 11.5 Å². The van der Waals surface area contributed by atoms with Gasteiger partial charge in [-0.05, 0) is 47.6 Å². The number of benzene rings is 3. The topological polar surface area (TPSA) is 46.5 Å². The molecule has 0 amide bonds. The van der Waals surface area contributed by atoms with Gasteiger partial charge in [0, 0.05) is 0 Å². The minimum Gasteiger partial charge on any atom is -0.478 e. The summed E-state index contributed by atoms with van der Waals surface area (Å²) in [6.45, 7) is 4.42. The zero-order valence-electron chi connectivity index (χ0n) is 15.7. The molecule has 3 rings (SSSR count). The van der Waals surface area contributed by atoms with Gasteiger partial charge in [0.05, 0.1) is 0 Å². The Bertz CT molecular complexity index is 899. The molecule has 0 atom stereocenters. The van der Waals surface area contributed by atoms with Crippen LogP contribution in [0.25, 0.3) is 0 Å². The monoisotopic (exact) mass is 360 g/mol. The summed E-state index contributed by atoms with van der Waals surface area (Å²) in [6, 6.07) is 25.0. The summed E-state index contributed by atoms with van der Waals surface area (Å²) in [6.07, 6.45) is 1.61. The molecule has 0 spiro atoms. The zero-order chi connectivity index (χ0) is 19.3. The quantitative estimate of drug-likeness (QED) is 0.555. The molecule has 3 aromatic carbocycles. The third-order valence-corrected chi connectivity index (χ3v) is 4.86. The molecule has 0 saturated carbocycles. The standard InChI is InChI=1S/C24H24O3/c1-24(2,19-11-5-3-6-12-19)17-16-18-10-9-15-21(23(25)26)22(18)27-20-13-7-4-8-14-20/h3-15H,16-17H2,1-2H3,(H,25,26). The molecule has 0 unspecified atom stereocenters. The van der Waals surface area contributed by atoms with Crippen LogP contribution >= 0.6 is 0 Å². The van der Waals surface area contributed by atoms with Crippen LogP contribution in [0.15, 0.2) is 78.9 Å². The molecule has 0 bridgehead atoms. The Kier molecular flexibility index (Phi) is 5.60. The van der Waals surface area contributed by atoms with Crippen molar-refractivity contribution in [3.63, 3.8) is 0 Å². The fraction of sp³-hybridized carbons (Fsp3) is 0.208. The number of aryl methyl sites for hydroxylation is 1. The summed E-state index contributed by atoms with van der Waals surface area (Å²) in [5, 5.41) is 9.59. The van der Waals surface area contributed by atoms with Gasteiger partial charge in [-0.1, -0.05) is 74.5 Å². The molecule has 0 aliphatic rings. The first kappa shape index (κ1) is 18.7. The normalized spacial score (nSPS) is 11.2. The van der Waals surface area contributed by atoms with Crippen molar-refractivity contribution in [1.29, 1.82) is 0 Å². The van der Waals surface area contributed by atoms with Crippen LogP contribution in [0.1, 0.15) is 41.8 Å². The van der Waals surface area contributed by atoms with E-state index in [1.54, 1.807) is 12.1 Å². The van der Waals surface area contributed by atoms with Crippen molar-refractivity contribution in [1.82, 2.24) is 0 Å². The van der Waals surface area contributed by atoms with E-state index in [9.17, 15) is 9.90 Å². The van der Waals surface area contributed by atoms with E-state index in [1.807, 2.05) is 54.6 Å². The highest BCUT2D eigenvalue weighted by atomic mass is 16.5. The van der Waals surface area contributed by atoms with Crippen molar-refractivity contribution in [2.75, 3.05) is 0 Å². The average molecular weight is 360 g/mol. The van der Waals surface area contributed by atoms with Crippen molar-refractivity contribution in [3.05, 3.63) is 95.6 Å². The first-order chi connectivity index (χ1) is 13.0. The second-order valence-corrected chi connectivity index (χ2v) is 7.26. The van der Waals surface area contributed by atoms with Gasteiger partial charge in [0.1, 0.15) is 17.1 Å². The molecule has 0 radical (unpaired) electrons. The summed E-state index contributed by atoms with van der Waals surface area (Å²) in [4.78, 5) is 11.7. The third kappa shape index (κ3) is 4.56. The predicted molar refractivity (Wildman–Crippen MR) is 108 cm³/mol.